The van der Waals surface area contributed by atoms with E-state index in [-0.39, 0.29) is 11.9 Å². The van der Waals surface area contributed by atoms with Crippen LogP contribution < -0.4 is 9.80 Å². The van der Waals surface area contributed by atoms with Gasteiger partial charge < -0.3 is 19.3 Å². The van der Waals surface area contributed by atoms with Crippen molar-refractivity contribution < 1.29 is 9.32 Å². The lowest BCUT2D eigenvalue weighted by Crippen LogP contribution is -2.49. The van der Waals surface area contributed by atoms with E-state index in [1.54, 1.807) is 6.07 Å². The first kappa shape index (κ1) is 21.0. The Kier molecular flexibility index (Phi) is 5.55. The fourth-order valence-corrected chi connectivity index (χ4v) is 5.49. The van der Waals surface area contributed by atoms with Crippen LogP contribution in [0.15, 0.2) is 71.5 Å². The Hall–Kier alpha value is -3.58. The lowest BCUT2D eigenvalue weighted by molar-refractivity contribution is 0.0933. The zero-order chi connectivity index (χ0) is 22.9. The molecule has 0 bridgehead atoms. The van der Waals surface area contributed by atoms with Crippen molar-refractivity contribution in [1.82, 2.24) is 15.0 Å². The van der Waals surface area contributed by atoms with Gasteiger partial charge in [0.15, 0.2) is 0 Å². The lowest BCUT2D eigenvalue weighted by Gasteiger charge is -2.40. The van der Waals surface area contributed by atoms with Gasteiger partial charge in [0.25, 0.3) is 5.91 Å². The van der Waals surface area contributed by atoms with Crippen LogP contribution in [0.2, 0.25) is 0 Å². The van der Waals surface area contributed by atoms with Crippen molar-refractivity contribution in [3.8, 4) is 0 Å². The number of H-pyrrole nitrogens is 1. The third-order valence-corrected chi connectivity index (χ3v) is 7.29. The summed E-state index contributed by atoms with van der Waals surface area (Å²) in [5.41, 5.74) is 4.73. The number of nitrogens with zero attached hydrogens (tertiary/aromatic N) is 4. The van der Waals surface area contributed by atoms with Gasteiger partial charge in [-0.05, 0) is 49.1 Å². The van der Waals surface area contributed by atoms with Crippen LogP contribution in [-0.4, -0.2) is 59.7 Å². The minimum atomic E-state index is -0.0981. The summed E-state index contributed by atoms with van der Waals surface area (Å²) < 4.78 is 5.23. The van der Waals surface area contributed by atoms with E-state index >= 15 is 0 Å². The van der Waals surface area contributed by atoms with Gasteiger partial charge in [-0.15, -0.1) is 0 Å². The molecule has 0 saturated carbocycles. The zero-order valence-corrected chi connectivity index (χ0v) is 19.2. The van der Waals surface area contributed by atoms with Crippen molar-refractivity contribution in [3.05, 3.63) is 78.3 Å². The molecular formula is C27H29N5O2. The predicted octanol–water partition coefficient (Wildman–Crippen LogP) is 4.33. The molecule has 0 aliphatic carbocycles. The van der Waals surface area contributed by atoms with E-state index in [4.69, 9.17) is 4.52 Å². The highest BCUT2D eigenvalue weighted by atomic mass is 16.5. The summed E-state index contributed by atoms with van der Waals surface area (Å²) in [6.45, 7) is 5.06. The molecule has 1 atom stereocenters. The molecule has 2 aliphatic heterocycles. The van der Waals surface area contributed by atoms with Crippen LogP contribution in [0.3, 0.4) is 0 Å². The van der Waals surface area contributed by atoms with Crippen molar-refractivity contribution in [3.63, 3.8) is 0 Å². The second kappa shape index (κ2) is 8.99. The number of aromatic amines is 1. The SMILES string of the molecule is O=C(c1ccno1)N1c2ccccc2CCC1CCN1CCN(c2cccc3[nH]ccc23)CC1. The quantitative estimate of drug-likeness (QED) is 0.485. The van der Waals surface area contributed by atoms with E-state index in [2.05, 4.69) is 56.3 Å². The largest absolute Gasteiger partial charge is 0.368 e. The molecule has 2 aromatic carbocycles. The summed E-state index contributed by atoms with van der Waals surface area (Å²) in [6, 6.07) is 18.7. The summed E-state index contributed by atoms with van der Waals surface area (Å²) in [5.74, 6) is 0.202. The van der Waals surface area contributed by atoms with Gasteiger partial charge in [0.2, 0.25) is 5.76 Å². The van der Waals surface area contributed by atoms with Gasteiger partial charge >= 0.3 is 0 Å². The molecule has 1 fully saturated rings. The molecule has 4 aromatic rings. The first-order chi connectivity index (χ1) is 16.8. The molecular weight excluding hydrogens is 426 g/mol. The fraction of sp³-hybridized carbons (Fsp3) is 0.333. The van der Waals surface area contributed by atoms with E-state index < -0.39 is 0 Å². The highest BCUT2D eigenvalue weighted by molar-refractivity contribution is 6.05. The second-order valence-electron chi connectivity index (χ2n) is 9.21. The number of carbonyl (C=O) groups excluding carboxylic acids is 1. The summed E-state index contributed by atoms with van der Waals surface area (Å²) in [7, 11) is 0. The summed E-state index contributed by atoms with van der Waals surface area (Å²) in [4.78, 5) is 23.6. The smallest absolute Gasteiger partial charge is 0.297 e. The molecule has 1 saturated heterocycles. The van der Waals surface area contributed by atoms with E-state index in [9.17, 15) is 4.79 Å². The molecule has 2 aliphatic rings. The average Bonchev–Trinajstić information content (AvgIpc) is 3.59. The van der Waals surface area contributed by atoms with Crippen LogP contribution in [0.5, 0.6) is 0 Å². The number of hydrogen-bond acceptors (Lipinski definition) is 5. The first-order valence-corrected chi connectivity index (χ1v) is 12.1. The maximum absolute atomic E-state index is 13.3. The Morgan fingerprint density at radius 1 is 1.00 bits per heavy atom. The molecule has 4 heterocycles. The molecule has 0 spiro atoms. The number of nitrogens with one attached hydrogen (secondary N) is 1. The van der Waals surface area contributed by atoms with Gasteiger partial charge in [-0.25, -0.2) is 0 Å². The third-order valence-electron chi connectivity index (χ3n) is 7.29. The van der Waals surface area contributed by atoms with Crippen molar-refractivity contribution in [2.45, 2.75) is 25.3 Å². The predicted molar refractivity (Wildman–Crippen MR) is 133 cm³/mol. The number of rotatable bonds is 5. The molecule has 174 valence electrons. The monoisotopic (exact) mass is 455 g/mol. The molecule has 34 heavy (non-hydrogen) atoms. The van der Waals surface area contributed by atoms with E-state index in [1.807, 2.05) is 23.2 Å². The van der Waals surface area contributed by atoms with E-state index in [1.165, 1.54) is 28.4 Å². The Bertz CT molecular complexity index is 1270. The lowest BCUT2D eigenvalue weighted by atomic mass is 9.93. The minimum Gasteiger partial charge on any atom is -0.368 e. The molecule has 7 heteroatoms. The zero-order valence-electron chi connectivity index (χ0n) is 19.2. The minimum absolute atomic E-state index is 0.0981. The number of hydrogen-bond donors (Lipinski definition) is 1. The number of aryl methyl sites for hydroxylation is 1. The molecule has 1 N–H and O–H groups in total. The van der Waals surface area contributed by atoms with Crippen molar-refractivity contribution in [2.24, 2.45) is 0 Å². The highest BCUT2D eigenvalue weighted by Crippen LogP contribution is 2.33. The van der Waals surface area contributed by atoms with E-state index in [0.29, 0.717) is 5.76 Å². The van der Waals surface area contributed by atoms with Crippen molar-refractivity contribution >= 4 is 28.2 Å². The van der Waals surface area contributed by atoms with Gasteiger partial charge in [-0.3, -0.25) is 9.69 Å². The Morgan fingerprint density at radius 3 is 2.71 bits per heavy atom. The molecule has 1 unspecified atom stereocenters. The molecule has 6 rings (SSSR count). The van der Waals surface area contributed by atoms with Crippen LogP contribution in [0.4, 0.5) is 11.4 Å². The number of carbonyl (C=O) groups is 1. The Labute approximate surface area is 198 Å². The third kappa shape index (κ3) is 3.86. The van der Waals surface area contributed by atoms with Crippen molar-refractivity contribution in [2.75, 3.05) is 42.5 Å². The van der Waals surface area contributed by atoms with Crippen LogP contribution >= 0.6 is 0 Å². The molecule has 1 amide bonds. The molecule has 2 aromatic heterocycles. The van der Waals surface area contributed by atoms with Gasteiger partial charge in [0.1, 0.15) is 0 Å². The van der Waals surface area contributed by atoms with Crippen LogP contribution in [0.1, 0.15) is 29.0 Å². The topological polar surface area (TPSA) is 68.6 Å². The van der Waals surface area contributed by atoms with E-state index in [0.717, 1.165) is 57.7 Å². The maximum Gasteiger partial charge on any atom is 0.297 e. The van der Waals surface area contributed by atoms with Gasteiger partial charge in [0.05, 0.1) is 6.20 Å². The van der Waals surface area contributed by atoms with Gasteiger partial charge in [-0.2, -0.15) is 0 Å². The van der Waals surface area contributed by atoms with Crippen LogP contribution in [0, 0.1) is 0 Å². The Morgan fingerprint density at radius 2 is 1.85 bits per heavy atom. The Balaban J connectivity index is 1.13. The summed E-state index contributed by atoms with van der Waals surface area (Å²) >= 11 is 0. The first-order valence-electron chi connectivity index (χ1n) is 12.1. The average molecular weight is 456 g/mol. The number of anilines is 2. The number of fused-ring (bicyclic) bond motifs is 2. The standard InChI is InChI=1S/C27H29N5O2/c33-27(26-11-14-29-34-26)32-21(9-8-20-4-1-2-6-24(20)32)12-15-30-16-18-31(19-17-30)25-7-3-5-23-22(25)10-13-28-23/h1-7,10-11,13-14,21,28H,8-9,12,15-19H2. The maximum atomic E-state index is 13.3. The number of piperazine rings is 1. The number of para-hydroxylation sites is 1. The number of amides is 1. The fourth-order valence-electron chi connectivity index (χ4n) is 5.49. The summed E-state index contributed by atoms with van der Waals surface area (Å²) in [6.07, 6.45) is 6.45. The summed E-state index contributed by atoms with van der Waals surface area (Å²) in [5, 5.41) is 5.04. The highest BCUT2D eigenvalue weighted by Gasteiger charge is 2.33. The normalized spacial score (nSPS) is 18.9. The second-order valence-corrected chi connectivity index (χ2v) is 9.21. The van der Waals surface area contributed by atoms with Gasteiger partial charge in [-0.1, -0.05) is 29.4 Å². The van der Waals surface area contributed by atoms with Crippen LogP contribution in [-0.2, 0) is 6.42 Å². The molecule has 7 nitrogen and oxygen atoms in total. The number of aromatic nitrogens is 2. The van der Waals surface area contributed by atoms with Gasteiger partial charge in [0, 0.05) is 73.3 Å². The molecule has 0 radical (unpaired) electrons. The number of benzene rings is 2. The van der Waals surface area contributed by atoms with Crippen molar-refractivity contribution in [1.29, 1.82) is 0 Å². The van der Waals surface area contributed by atoms with Crippen LogP contribution in [0.25, 0.3) is 10.9 Å².